The second kappa shape index (κ2) is 4.84. The third-order valence-corrected chi connectivity index (χ3v) is 2.89. The van der Waals surface area contributed by atoms with Gasteiger partial charge in [-0.2, -0.15) is 0 Å². The molecule has 0 N–H and O–H groups in total. The lowest BCUT2D eigenvalue weighted by molar-refractivity contribution is 1.41. The Balaban J connectivity index is 1.93. The molecule has 1 aromatic heterocycles. The van der Waals surface area contributed by atoms with Gasteiger partial charge in [0.1, 0.15) is 0 Å². The third-order valence-electron chi connectivity index (χ3n) is 2.89. The van der Waals surface area contributed by atoms with E-state index in [1.807, 2.05) is 30.5 Å². The van der Waals surface area contributed by atoms with E-state index in [1.54, 1.807) is 0 Å². The second-order valence-electron chi connectivity index (χ2n) is 4.20. The molecule has 0 unspecified atom stereocenters. The summed E-state index contributed by atoms with van der Waals surface area (Å²) in [4.78, 5) is 4.32. The second-order valence-corrected chi connectivity index (χ2v) is 4.20. The van der Waals surface area contributed by atoms with Crippen molar-refractivity contribution in [1.82, 2.24) is 4.98 Å². The van der Waals surface area contributed by atoms with Crippen LogP contribution in [0.15, 0.2) is 66.9 Å². The Labute approximate surface area is 106 Å². The molecule has 0 saturated heterocycles. The van der Waals surface area contributed by atoms with E-state index >= 15 is 0 Å². The first kappa shape index (κ1) is 10.7. The first-order valence-corrected chi connectivity index (χ1v) is 6.00. The largest absolute Gasteiger partial charge is 0.256 e. The number of hydrogen-bond donors (Lipinski definition) is 0. The van der Waals surface area contributed by atoms with Crippen LogP contribution in [0.5, 0.6) is 0 Å². The molecule has 1 nitrogen and oxygen atoms in total. The molecule has 0 aliphatic rings. The van der Waals surface area contributed by atoms with Gasteiger partial charge in [-0.05, 0) is 29.3 Å². The maximum atomic E-state index is 4.32. The molecule has 0 atom stereocenters. The average molecular weight is 231 g/mol. The van der Waals surface area contributed by atoms with Crippen LogP contribution in [0.2, 0.25) is 0 Å². The van der Waals surface area contributed by atoms with E-state index in [-0.39, 0.29) is 0 Å². The number of nitrogens with zero attached hydrogens (tertiary/aromatic N) is 1. The third kappa shape index (κ3) is 2.30. The summed E-state index contributed by atoms with van der Waals surface area (Å²) in [6.45, 7) is 0. The van der Waals surface area contributed by atoms with Crippen LogP contribution < -0.4 is 0 Å². The van der Waals surface area contributed by atoms with E-state index in [0.717, 1.165) is 5.52 Å². The molecule has 0 spiro atoms. The molecular formula is C17H13N. The van der Waals surface area contributed by atoms with Crippen LogP contribution in [-0.2, 0) is 0 Å². The molecule has 2 aromatic carbocycles. The van der Waals surface area contributed by atoms with Crippen molar-refractivity contribution in [3.63, 3.8) is 0 Å². The predicted molar refractivity (Wildman–Crippen MR) is 77.1 cm³/mol. The normalized spacial score (nSPS) is 11.1. The van der Waals surface area contributed by atoms with Crippen molar-refractivity contribution in [2.45, 2.75) is 0 Å². The van der Waals surface area contributed by atoms with Crippen LogP contribution in [0.3, 0.4) is 0 Å². The Kier molecular flexibility index (Phi) is 2.89. The van der Waals surface area contributed by atoms with Gasteiger partial charge in [-0.25, -0.2) is 0 Å². The molecule has 3 rings (SSSR count). The van der Waals surface area contributed by atoms with Gasteiger partial charge in [0, 0.05) is 11.6 Å². The van der Waals surface area contributed by atoms with Gasteiger partial charge < -0.3 is 0 Å². The van der Waals surface area contributed by atoms with Crippen molar-refractivity contribution < 1.29 is 0 Å². The van der Waals surface area contributed by atoms with Crippen molar-refractivity contribution in [2.75, 3.05) is 0 Å². The van der Waals surface area contributed by atoms with E-state index in [0.29, 0.717) is 0 Å². The number of aromatic nitrogens is 1. The SMILES string of the molecule is C(=Cc1ccc2ncccc2c1)c1ccccc1. The lowest BCUT2D eigenvalue weighted by Gasteiger charge is -1.98. The maximum Gasteiger partial charge on any atom is 0.0702 e. The summed E-state index contributed by atoms with van der Waals surface area (Å²) in [6.07, 6.45) is 6.07. The number of fused-ring (bicyclic) bond motifs is 1. The Morgan fingerprint density at radius 2 is 1.56 bits per heavy atom. The van der Waals surface area contributed by atoms with Gasteiger partial charge >= 0.3 is 0 Å². The van der Waals surface area contributed by atoms with Crippen molar-refractivity contribution in [3.05, 3.63) is 78.0 Å². The van der Waals surface area contributed by atoms with E-state index in [1.165, 1.54) is 16.5 Å². The van der Waals surface area contributed by atoms with Gasteiger partial charge in [0.25, 0.3) is 0 Å². The summed E-state index contributed by atoms with van der Waals surface area (Å²) in [7, 11) is 0. The maximum absolute atomic E-state index is 4.32. The molecular weight excluding hydrogens is 218 g/mol. The fourth-order valence-corrected chi connectivity index (χ4v) is 1.95. The summed E-state index contributed by atoms with van der Waals surface area (Å²) in [6, 6.07) is 20.7. The molecule has 86 valence electrons. The zero-order valence-electron chi connectivity index (χ0n) is 9.95. The van der Waals surface area contributed by atoms with Gasteiger partial charge in [0.05, 0.1) is 5.52 Å². The first-order valence-electron chi connectivity index (χ1n) is 6.00. The van der Waals surface area contributed by atoms with E-state index in [9.17, 15) is 0 Å². The van der Waals surface area contributed by atoms with Gasteiger partial charge in [0.2, 0.25) is 0 Å². The Morgan fingerprint density at radius 1 is 0.722 bits per heavy atom. The highest BCUT2D eigenvalue weighted by atomic mass is 14.6. The topological polar surface area (TPSA) is 12.9 Å². The molecule has 0 fully saturated rings. The zero-order chi connectivity index (χ0) is 12.2. The van der Waals surface area contributed by atoms with E-state index in [2.05, 4.69) is 53.5 Å². The lowest BCUT2D eigenvalue weighted by atomic mass is 10.1. The minimum Gasteiger partial charge on any atom is -0.256 e. The van der Waals surface area contributed by atoms with Gasteiger partial charge in [0.15, 0.2) is 0 Å². The van der Waals surface area contributed by atoms with Crippen LogP contribution in [0.1, 0.15) is 11.1 Å². The van der Waals surface area contributed by atoms with Crippen molar-refractivity contribution in [1.29, 1.82) is 0 Å². The summed E-state index contributed by atoms with van der Waals surface area (Å²) < 4.78 is 0. The highest BCUT2D eigenvalue weighted by Gasteiger charge is 1.93. The molecule has 3 aromatic rings. The molecule has 0 radical (unpaired) electrons. The molecule has 0 amide bonds. The fourth-order valence-electron chi connectivity index (χ4n) is 1.95. The number of benzene rings is 2. The quantitative estimate of drug-likeness (QED) is 0.595. The van der Waals surface area contributed by atoms with E-state index < -0.39 is 0 Å². The molecule has 0 saturated carbocycles. The average Bonchev–Trinajstić information content (AvgIpc) is 2.46. The molecule has 0 aliphatic carbocycles. The van der Waals surface area contributed by atoms with Gasteiger partial charge in [-0.3, -0.25) is 4.98 Å². The fraction of sp³-hybridized carbons (Fsp3) is 0. The lowest BCUT2D eigenvalue weighted by Crippen LogP contribution is -1.78. The van der Waals surface area contributed by atoms with Gasteiger partial charge in [-0.1, -0.05) is 54.6 Å². The molecule has 1 heterocycles. The highest BCUT2D eigenvalue weighted by molar-refractivity contribution is 5.82. The number of hydrogen-bond acceptors (Lipinski definition) is 1. The van der Waals surface area contributed by atoms with Gasteiger partial charge in [-0.15, -0.1) is 0 Å². The minimum atomic E-state index is 1.04. The molecule has 1 heteroatoms. The van der Waals surface area contributed by atoms with Crippen LogP contribution in [-0.4, -0.2) is 4.98 Å². The van der Waals surface area contributed by atoms with Crippen molar-refractivity contribution in [3.8, 4) is 0 Å². The Hall–Kier alpha value is -2.41. The molecule has 0 aliphatic heterocycles. The Morgan fingerprint density at radius 3 is 2.44 bits per heavy atom. The van der Waals surface area contributed by atoms with Crippen LogP contribution >= 0.6 is 0 Å². The van der Waals surface area contributed by atoms with Crippen LogP contribution in [0.4, 0.5) is 0 Å². The molecule has 18 heavy (non-hydrogen) atoms. The highest BCUT2D eigenvalue weighted by Crippen LogP contribution is 2.15. The summed E-state index contributed by atoms with van der Waals surface area (Å²) in [5, 5.41) is 1.17. The van der Waals surface area contributed by atoms with E-state index in [4.69, 9.17) is 0 Å². The Bertz CT molecular complexity index is 684. The zero-order valence-corrected chi connectivity index (χ0v) is 9.95. The van der Waals surface area contributed by atoms with Crippen LogP contribution in [0, 0.1) is 0 Å². The van der Waals surface area contributed by atoms with Crippen molar-refractivity contribution in [2.24, 2.45) is 0 Å². The molecule has 0 bridgehead atoms. The van der Waals surface area contributed by atoms with Crippen LogP contribution in [0.25, 0.3) is 23.1 Å². The first-order chi connectivity index (χ1) is 8.92. The smallest absolute Gasteiger partial charge is 0.0702 e. The predicted octanol–water partition coefficient (Wildman–Crippen LogP) is 4.41. The van der Waals surface area contributed by atoms with Crippen molar-refractivity contribution >= 4 is 23.1 Å². The summed E-state index contributed by atoms with van der Waals surface area (Å²) >= 11 is 0. The monoisotopic (exact) mass is 231 g/mol. The minimum absolute atomic E-state index is 1.04. The summed E-state index contributed by atoms with van der Waals surface area (Å²) in [5.74, 6) is 0. The standard InChI is InChI=1S/C17H13N/c1-2-5-14(6-3-1)8-9-15-10-11-17-16(13-15)7-4-12-18-17/h1-13H. The number of rotatable bonds is 2. The summed E-state index contributed by atoms with van der Waals surface area (Å²) in [5.41, 5.74) is 3.44. The number of pyridine rings is 1.